The van der Waals surface area contributed by atoms with Crippen LogP contribution in [0.3, 0.4) is 0 Å². The average molecular weight is 673 g/mol. The van der Waals surface area contributed by atoms with Crippen LogP contribution < -0.4 is 9.62 Å². The molecule has 7 nitrogen and oxygen atoms in total. The van der Waals surface area contributed by atoms with E-state index in [4.69, 9.17) is 34.8 Å². The molecule has 0 radical (unpaired) electrons. The average Bonchev–Trinajstić information content (AvgIpc) is 3.01. The van der Waals surface area contributed by atoms with Crippen molar-refractivity contribution in [2.24, 2.45) is 0 Å². The number of rotatable bonds is 11. The second-order valence-electron chi connectivity index (χ2n) is 10.3. The van der Waals surface area contributed by atoms with E-state index in [-0.39, 0.29) is 28.6 Å². The van der Waals surface area contributed by atoms with Crippen LogP contribution in [0.25, 0.3) is 0 Å². The summed E-state index contributed by atoms with van der Waals surface area (Å²) in [5.74, 6) is -1.01. The Morgan fingerprint density at radius 2 is 1.48 bits per heavy atom. The molecular formula is C33H32Cl3N3O4S. The molecule has 1 atom stereocenters. The molecule has 0 saturated heterocycles. The molecule has 4 rings (SSSR count). The van der Waals surface area contributed by atoms with Crippen LogP contribution >= 0.6 is 34.8 Å². The van der Waals surface area contributed by atoms with Crippen molar-refractivity contribution in [3.05, 3.63) is 128 Å². The summed E-state index contributed by atoms with van der Waals surface area (Å²) in [5, 5.41) is 3.63. The highest BCUT2D eigenvalue weighted by Crippen LogP contribution is 2.29. The van der Waals surface area contributed by atoms with Gasteiger partial charge in [-0.3, -0.25) is 13.9 Å². The van der Waals surface area contributed by atoms with E-state index >= 15 is 0 Å². The van der Waals surface area contributed by atoms with Crippen LogP contribution in [0, 0.1) is 13.8 Å². The van der Waals surface area contributed by atoms with Gasteiger partial charge in [-0.1, -0.05) is 95.0 Å². The minimum Gasteiger partial charge on any atom is -0.357 e. The Balaban J connectivity index is 1.81. The van der Waals surface area contributed by atoms with E-state index in [9.17, 15) is 18.0 Å². The molecule has 0 unspecified atom stereocenters. The van der Waals surface area contributed by atoms with E-state index in [0.717, 1.165) is 21.0 Å². The number of aryl methyl sites for hydroxylation is 2. The Bertz CT molecular complexity index is 1750. The lowest BCUT2D eigenvalue weighted by atomic mass is 10.0. The van der Waals surface area contributed by atoms with Crippen molar-refractivity contribution in [3.63, 3.8) is 0 Å². The van der Waals surface area contributed by atoms with E-state index in [1.165, 1.54) is 30.1 Å². The zero-order chi connectivity index (χ0) is 32.0. The molecule has 0 aliphatic rings. The minimum absolute atomic E-state index is 0.00997. The zero-order valence-electron chi connectivity index (χ0n) is 24.4. The van der Waals surface area contributed by atoms with Gasteiger partial charge in [0.05, 0.1) is 20.6 Å². The highest BCUT2D eigenvalue weighted by atomic mass is 35.5. The molecule has 0 aliphatic heterocycles. The van der Waals surface area contributed by atoms with Crippen molar-refractivity contribution < 1.29 is 18.0 Å². The van der Waals surface area contributed by atoms with E-state index in [2.05, 4.69) is 5.32 Å². The van der Waals surface area contributed by atoms with E-state index < -0.39 is 34.4 Å². The predicted octanol–water partition coefficient (Wildman–Crippen LogP) is 6.85. The van der Waals surface area contributed by atoms with Crippen molar-refractivity contribution >= 4 is 62.3 Å². The number of carbonyl (C=O) groups is 2. The number of halogens is 3. The van der Waals surface area contributed by atoms with Gasteiger partial charge in [0.2, 0.25) is 11.8 Å². The van der Waals surface area contributed by atoms with Crippen LogP contribution in [-0.2, 0) is 32.6 Å². The van der Waals surface area contributed by atoms with Gasteiger partial charge in [0, 0.05) is 25.0 Å². The fraction of sp³-hybridized carbons (Fsp3) is 0.212. The number of hydrogen-bond acceptors (Lipinski definition) is 4. The smallest absolute Gasteiger partial charge is 0.264 e. The van der Waals surface area contributed by atoms with Gasteiger partial charge in [-0.2, -0.15) is 0 Å². The summed E-state index contributed by atoms with van der Waals surface area (Å²) >= 11 is 18.8. The van der Waals surface area contributed by atoms with Gasteiger partial charge in [-0.15, -0.1) is 0 Å². The van der Waals surface area contributed by atoms with Crippen molar-refractivity contribution in [1.29, 1.82) is 0 Å². The Kier molecular flexibility index (Phi) is 11.0. The Labute approximate surface area is 273 Å². The van der Waals surface area contributed by atoms with Crippen LogP contribution in [0.1, 0.15) is 22.3 Å². The molecule has 44 heavy (non-hydrogen) atoms. The number of nitrogens with one attached hydrogen (secondary N) is 1. The van der Waals surface area contributed by atoms with Gasteiger partial charge in [0.15, 0.2) is 0 Å². The normalized spacial score (nSPS) is 12.0. The maximum absolute atomic E-state index is 14.4. The fourth-order valence-electron chi connectivity index (χ4n) is 4.66. The zero-order valence-corrected chi connectivity index (χ0v) is 27.5. The van der Waals surface area contributed by atoms with Crippen LogP contribution in [0.15, 0.2) is 95.9 Å². The third kappa shape index (κ3) is 7.93. The number of benzene rings is 4. The van der Waals surface area contributed by atoms with Crippen molar-refractivity contribution in [2.75, 3.05) is 17.9 Å². The van der Waals surface area contributed by atoms with Crippen molar-refractivity contribution in [1.82, 2.24) is 10.2 Å². The number of amides is 2. The molecule has 0 bridgehead atoms. The lowest BCUT2D eigenvalue weighted by Crippen LogP contribution is -2.53. The largest absolute Gasteiger partial charge is 0.357 e. The summed E-state index contributed by atoms with van der Waals surface area (Å²) in [6.45, 7) is 3.02. The van der Waals surface area contributed by atoms with Gasteiger partial charge in [-0.25, -0.2) is 8.42 Å². The van der Waals surface area contributed by atoms with Gasteiger partial charge < -0.3 is 10.2 Å². The monoisotopic (exact) mass is 671 g/mol. The SMILES string of the molecule is CNC(=O)[C@@H](Cc1ccccc1)N(Cc1ccc(Cl)c(Cl)c1)C(=O)CN(c1ccc(C)c(Cl)c1)S(=O)(=O)c1ccc(C)cc1. The van der Waals surface area contributed by atoms with Crippen molar-refractivity contribution in [3.8, 4) is 0 Å². The molecule has 4 aromatic carbocycles. The molecule has 0 aliphatic carbocycles. The Morgan fingerprint density at radius 1 is 0.795 bits per heavy atom. The van der Waals surface area contributed by atoms with Gasteiger partial charge in [0.25, 0.3) is 10.0 Å². The van der Waals surface area contributed by atoms with Crippen LogP contribution in [-0.4, -0.2) is 44.8 Å². The second-order valence-corrected chi connectivity index (χ2v) is 13.4. The molecule has 4 aromatic rings. The standard InChI is InChI=1S/C33H32Cl3N3O4S/c1-22-9-14-27(15-10-22)44(42,43)39(26-13-11-23(2)29(35)19-26)21-32(40)38(20-25-12-16-28(34)30(36)17-25)31(33(41)37-3)18-24-7-5-4-6-8-24/h4-17,19,31H,18,20-21H2,1-3H3,(H,37,41)/t31-/m1/s1. The first-order valence-electron chi connectivity index (χ1n) is 13.7. The van der Waals surface area contributed by atoms with Gasteiger partial charge in [-0.05, 0) is 66.9 Å². The molecule has 0 spiro atoms. The van der Waals surface area contributed by atoms with E-state index in [1.54, 1.807) is 49.4 Å². The molecule has 0 aromatic heterocycles. The van der Waals surface area contributed by atoms with Gasteiger partial charge in [0.1, 0.15) is 12.6 Å². The summed E-state index contributed by atoms with van der Waals surface area (Å²) < 4.78 is 29.2. The topological polar surface area (TPSA) is 86.8 Å². The van der Waals surface area contributed by atoms with E-state index in [0.29, 0.717) is 15.6 Å². The second kappa shape index (κ2) is 14.5. The minimum atomic E-state index is -4.24. The molecule has 1 N–H and O–H groups in total. The number of hydrogen-bond donors (Lipinski definition) is 1. The quantitative estimate of drug-likeness (QED) is 0.189. The number of likely N-dealkylation sites (N-methyl/N-ethyl adjacent to an activating group) is 1. The summed E-state index contributed by atoms with van der Waals surface area (Å²) in [4.78, 5) is 29.1. The summed E-state index contributed by atoms with van der Waals surface area (Å²) in [7, 11) is -2.75. The maximum atomic E-state index is 14.4. The highest BCUT2D eigenvalue weighted by molar-refractivity contribution is 7.92. The number of sulfonamides is 1. The summed E-state index contributed by atoms with van der Waals surface area (Å²) in [6, 6.07) is 24.4. The Hall–Kier alpha value is -3.56. The van der Waals surface area contributed by atoms with Crippen LogP contribution in [0.2, 0.25) is 15.1 Å². The van der Waals surface area contributed by atoms with Crippen molar-refractivity contribution in [2.45, 2.75) is 37.8 Å². The molecule has 0 heterocycles. The number of nitrogens with zero attached hydrogens (tertiary/aromatic N) is 2. The van der Waals surface area contributed by atoms with E-state index in [1.807, 2.05) is 37.3 Å². The first-order valence-corrected chi connectivity index (χ1v) is 16.3. The molecule has 0 fully saturated rings. The lowest BCUT2D eigenvalue weighted by molar-refractivity contribution is -0.139. The molecular weight excluding hydrogens is 641 g/mol. The fourth-order valence-corrected chi connectivity index (χ4v) is 6.56. The van der Waals surface area contributed by atoms with Crippen LogP contribution in [0.4, 0.5) is 5.69 Å². The molecule has 2 amide bonds. The third-order valence-electron chi connectivity index (χ3n) is 7.19. The third-order valence-corrected chi connectivity index (χ3v) is 10.1. The van der Waals surface area contributed by atoms with Crippen LogP contribution in [0.5, 0.6) is 0 Å². The lowest BCUT2D eigenvalue weighted by Gasteiger charge is -2.33. The Morgan fingerprint density at radius 3 is 2.09 bits per heavy atom. The summed E-state index contributed by atoms with van der Waals surface area (Å²) in [6.07, 6.45) is 0.189. The molecule has 11 heteroatoms. The maximum Gasteiger partial charge on any atom is 0.264 e. The first kappa shape index (κ1) is 33.3. The number of carbonyl (C=O) groups excluding carboxylic acids is 2. The van der Waals surface area contributed by atoms with Gasteiger partial charge >= 0.3 is 0 Å². The number of anilines is 1. The molecule has 0 saturated carbocycles. The first-order chi connectivity index (χ1) is 20.9. The predicted molar refractivity (Wildman–Crippen MR) is 177 cm³/mol. The molecule has 230 valence electrons. The summed E-state index contributed by atoms with van der Waals surface area (Å²) in [5.41, 5.74) is 3.28. The highest BCUT2D eigenvalue weighted by Gasteiger charge is 2.34.